The molecule has 1 heterocycles. The fourth-order valence-corrected chi connectivity index (χ4v) is 0.914. The van der Waals surface area contributed by atoms with Gasteiger partial charge in [0.15, 0.2) is 5.69 Å². The number of nitrogens with zero attached hydrogens (tertiary/aromatic N) is 3. The zero-order valence-electron chi connectivity index (χ0n) is 6.85. The molecule has 0 aliphatic rings. The summed E-state index contributed by atoms with van der Waals surface area (Å²) in [5.74, 6) is 0. The number of hydrogen-bond donors (Lipinski definition) is 0. The largest absolute Gasteiger partial charge is 0.436 e. The Morgan fingerprint density at radius 1 is 1.50 bits per heavy atom. The highest BCUT2D eigenvalue weighted by Gasteiger charge is 2.37. The number of rotatable bonds is 2. The molecule has 0 aliphatic heterocycles. The molecule has 0 atom stereocenters. The fourth-order valence-electron chi connectivity index (χ4n) is 0.914. The maximum absolute atomic E-state index is 12.2. The fraction of sp³-hybridized carbons (Fsp3) is 0.429. The Bertz CT molecular complexity index is 360. The Morgan fingerprint density at radius 2 is 2.14 bits per heavy atom. The molecule has 1 aromatic rings. The van der Waals surface area contributed by atoms with Crippen molar-refractivity contribution in [3.8, 4) is 6.07 Å². The molecular formula is C7H5F4N3. The minimum absolute atomic E-state index is 0.287. The number of nitriles is 1. The first-order valence-electron chi connectivity index (χ1n) is 3.59. The first kappa shape index (κ1) is 10.5. The average Bonchev–Trinajstić information content (AvgIpc) is 2.47. The minimum Gasteiger partial charge on any atom is -0.268 e. The van der Waals surface area contributed by atoms with Gasteiger partial charge in [-0.25, -0.2) is 4.39 Å². The van der Waals surface area contributed by atoms with E-state index in [1.165, 1.54) is 6.07 Å². The molecule has 7 heteroatoms. The van der Waals surface area contributed by atoms with Crippen LogP contribution in [0.1, 0.15) is 11.3 Å². The van der Waals surface area contributed by atoms with E-state index >= 15 is 0 Å². The van der Waals surface area contributed by atoms with Gasteiger partial charge in [0.1, 0.15) is 18.3 Å². The van der Waals surface area contributed by atoms with Crippen molar-refractivity contribution in [3.63, 3.8) is 0 Å². The molecule has 0 radical (unpaired) electrons. The third-order valence-corrected chi connectivity index (χ3v) is 1.46. The van der Waals surface area contributed by atoms with E-state index in [0.717, 1.165) is 10.9 Å². The summed E-state index contributed by atoms with van der Waals surface area (Å²) in [5.41, 5.74) is -1.86. The van der Waals surface area contributed by atoms with Crippen LogP contribution in [0.15, 0.2) is 6.20 Å². The lowest BCUT2D eigenvalue weighted by atomic mass is 10.3. The van der Waals surface area contributed by atoms with Gasteiger partial charge in [-0.3, -0.25) is 4.68 Å². The summed E-state index contributed by atoms with van der Waals surface area (Å²) in [6, 6.07) is 1.36. The summed E-state index contributed by atoms with van der Waals surface area (Å²) >= 11 is 0. The molecule has 0 unspecified atom stereocenters. The van der Waals surface area contributed by atoms with Gasteiger partial charge in [0.25, 0.3) is 0 Å². The molecule has 0 bridgehead atoms. The molecule has 0 saturated heterocycles. The third kappa shape index (κ3) is 2.02. The van der Waals surface area contributed by atoms with Gasteiger partial charge in [0.05, 0.1) is 6.54 Å². The van der Waals surface area contributed by atoms with Crippen molar-refractivity contribution >= 4 is 0 Å². The molecule has 1 aromatic heterocycles. The molecule has 0 fully saturated rings. The molecule has 14 heavy (non-hydrogen) atoms. The van der Waals surface area contributed by atoms with Crippen LogP contribution >= 0.6 is 0 Å². The monoisotopic (exact) mass is 207 g/mol. The van der Waals surface area contributed by atoms with Crippen molar-refractivity contribution < 1.29 is 17.6 Å². The lowest BCUT2D eigenvalue weighted by Gasteiger charge is -2.01. The van der Waals surface area contributed by atoms with Crippen molar-refractivity contribution in [2.75, 3.05) is 6.67 Å². The quantitative estimate of drug-likeness (QED) is 0.693. The Hall–Kier alpha value is -1.58. The van der Waals surface area contributed by atoms with Crippen LogP contribution in [-0.4, -0.2) is 16.5 Å². The first-order chi connectivity index (χ1) is 6.49. The summed E-state index contributed by atoms with van der Waals surface area (Å²) < 4.78 is 49.1. The van der Waals surface area contributed by atoms with Crippen LogP contribution in [0.25, 0.3) is 0 Å². The predicted molar refractivity (Wildman–Crippen MR) is 37.9 cm³/mol. The second-order valence-electron chi connectivity index (χ2n) is 2.45. The SMILES string of the molecule is N#Cc1cn(CCF)nc1C(F)(F)F. The Labute approximate surface area is 76.6 Å². The summed E-state index contributed by atoms with van der Waals surface area (Å²) in [6.07, 6.45) is -3.80. The molecular weight excluding hydrogens is 202 g/mol. The molecule has 76 valence electrons. The third-order valence-electron chi connectivity index (χ3n) is 1.46. The standard InChI is InChI=1S/C7H5F4N3/c8-1-2-14-4-5(3-12)6(13-14)7(9,10)11/h4H,1-2H2. The van der Waals surface area contributed by atoms with Crippen LogP contribution in [0, 0.1) is 11.3 Å². The van der Waals surface area contributed by atoms with Gasteiger partial charge in [-0.1, -0.05) is 0 Å². The predicted octanol–water partition coefficient (Wildman–Crippen LogP) is 1.74. The van der Waals surface area contributed by atoms with Gasteiger partial charge >= 0.3 is 6.18 Å². The summed E-state index contributed by atoms with van der Waals surface area (Å²) in [5, 5.41) is 11.4. The number of halogens is 4. The zero-order valence-corrected chi connectivity index (χ0v) is 6.85. The van der Waals surface area contributed by atoms with Crippen molar-refractivity contribution in [3.05, 3.63) is 17.5 Å². The lowest BCUT2D eigenvalue weighted by molar-refractivity contribution is -0.141. The first-order valence-corrected chi connectivity index (χ1v) is 3.59. The molecule has 0 aliphatic carbocycles. The maximum Gasteiger partial charge on any atom is 0.436 e. The number of aromatic nitrogens is 2. The molecule has 0 spiro atoms. The van der Waals surface area contributed by atoms with Crippen molar-refractivity contribution in [1.29, 1.82) is 5.26 Å². The van der Waals surface area contributed by atoms with Crippen molar-refractivity contribution in [1.82, 2.24) is 9.78 Å². The van der Waals surface area contributed by atoms with Gasteiger partial charge in [-0.15, -0.1) is 0 Å². The van der Waals surface area contributed by atoms with Crippen LogP contribution < -0.4 is 0 Å². The topological polar surface area (TPSA) is 41.6 Å². The van der Waals surface area contributed by atoms with E-state index in [2.05, 4.69) is 5.10 Å². The van der Waals surface area contributed by atoms with E-state index in [9.17, 15) is 17.6 Å². The highest BCUT2D eigenvalue weighted by Crippen LogP contribution is 2.30. The summed E-state index contributed by atoms with van der Waals surface area (Å²) in [4.78, 5) is 0. The van der Waals surface area contributed by atoms with Crippen LogP contribution in [0.4, 0.5) is 17.6 Å². The van der Waals surface area contributed by atoms with E-state index in [1.807, 2.05) is 0 Å². The van der Waals surface area contributed by atoms with E-state index in [-0.39, 0.29) is 6.54 Å². The highest BCUT2D eigenvalue weighted by atomic mass is 19.4. The maximum atomic E-state index is 12.2. The lowest BCUT2D eigenvalue weighted by Crippen LogP contribution is -2.09. The van der Waals surface area contributed by atoms with Gasteiger partial charge in [-0.2, -0.15) is 23.5 Å². The van der Waals surface area contributed by atoms with Crippen LogP contribution in [0.2, 0.25) is 0 Å². The molecule has 0 aromatic carbocycles. The van der Waals surface area contributed by atoms with Gasteiger partial charge in [0.2, 0.25) is 0 Å². The molecule has 3 nitrogen and oxygen atoms in total. The van der Waals surface area contributed by atoms with Gasteiger partial charge in [-0.05, 0) is 0 Å². The minimum atomic E-state index is -4.67. The van der Waals surface area contributed by atoms with Crippen molar-refractivity contribution in [2.24, 2.45) is 0 Å². The Kier molecular flexibility index (Phi) is 2.74. The van der Waals surface area contributed by atoms with E-state index in [1.54, 1.807) is 0 Å². The molecule has 1 rings (SSSR count). The molecule has 0 amide bonds. The second kappa shape index (κ2) is 3.65. The summed E-state index contributed by atoms with van der Waals surface area (Å²) in [6.45, 7) is -1.12. The average molecular weight is 207 g/mol. The summed E-state index contributed by atoms with van der Waals surface area (Å²) in [7, 11) is 0. The van der Waals surface area contributed by atoms with Gasteiger partial charge in [0, 0.05) is 6.20 Å². The molecule has 0 saturated carbocycles. The smallest absolute Gasteiger partial charge is 0.268 e. The van der Waals surface area contributed by atoms with Crippen LogP contribution in [0.3, 0.4) is 0 Å². The normalized spacial score (nSPS) is 11.4. The van der Waals surface area contributed by atoms with E-state index in [0.29, 0.717) is 0 Å². The Balaban J connectivity index is 3.11. The molecule has 0 N–H and O–H groups in total. The van der Waals surface area contributed by atoms with Gasteiger partial charge < -0.3 is 0 Å². The number of aryl methyl sites for hydroxylation is 1. The van der Waals surface area contributed by atoms with E-state index in [4.69, 9.17) is 5.26 Å². The van der Waals surface area contributed by atoms with Crippen LogP contribution in [0.5, 0.6) is 0 Å². The zero-order chi connectivity index (χ0) is 10.8. The Morgan fingerprint density at radius 3 is 2.50 bits per heavy atom. The number of alkyl halides is 4. The van der Waals surface area contributed by atoms with Crippen LogP contribution in [-0.2, 0) is 12.7 Å². The second-order valence-corrected chi connectivity index (χ2v) is 2.45. The van der Waals surface area contributed by atoms with Crippen molar-refractivity contribution in [2.45, 2.75) is 12.7 Å². The highest BCUT2D eigenvalue weighted by molar-refractivity contribution is 5.32. The number of hydrogen-bond acceptors (Lipinski definition) is 2. The van der Waals surface area contributed by atoms with E-state index < -0.39 is 24.1 Å².